The lowest BCUT2D eigenvalue weighted by Crippen LogP contribution is -2.19. The summed E-state index contributed by atoms with van der Waals surface area (Å²) in [5.74, 6) is 0.876. The van der Waals surface area contributed by atoms with Gasteiger partial charge < -0.3 is 14.8 Å². The fourth-order valence-corrected chi connectivity index (χ4v) is 4.67. The number of rotatable bonds is 6. The Labute approximate surface area is 220 Å². The number of amides is 1. The summed E-state index contributed by atoms with van der Waals surface area (Å²) >= 11 is 16.9. The fraction of sp³-hybridized carbons (Fsp3) is 0.120. The summed E-state index contributed by atoms with van der Waals surface area (Å²) in [5.41, 5.74) is 3.57. The maximum absolute atomic E-state index is 12.5. The van der Waals surface area contributed by atoms with Gasteiger partial charge in [-0.1, -0.05) is 62.9 Å². The van der Waals surface area contributed by atoms with Gasteiger partial charge >= 0.3 is 0 Å². The standard InChI is InChI=1S/C25H19BrCl2N2O3S/c1-14-3-6-17(7-4-14)29-25-30-24(31)23(34-25)11-16-10-21(32-2)22(12-18(16)26)33-13-15-5-8-19(27)20(28)9-15/h3-12H,13H2,1-2H3,(H,29,30,31)/b23-11+. The quantitative estimate of drug-likeness (QED) is 0.307. The van der Waals surface area contributed by atoms with Crippen molar-refractivity contribution in [2.45, 2.75) is 13.5 Å². The molecule has 3 aromatic carbocycles. The first-order valence-electron chi connectivity index (χ1n) is 10.1. The molecule has 1 amide bonds. The average molecular weight is 578 g/mol. The van der Waals surface area contributed by atoms with Gasteiger partial charge in [0, 0.05) is 4.47 Å². The number of benzene rings is 3. The number of carbonyl (C=O) groups is 1. The molecule has 0 unspecified atom stereocenters. The van der Waals surface area contributed by atoms with Gasteiger partial charge in [0.25, 0.3) is 5.91 Å². The largest absolute Gasteiger partial charge is 0.493 e. The van der Waals surface area contributed by atoms with Gasteiger partial charge in [-0.05, 0) is 72.3 Å². The first-order valence-corrected chi connectivity index (χ1v) is 12.5. The molecule has 0 radical (unpaired) electrons. The van der Waals surface area contributed by atoms with Gasteiger partial charge in [0.2, 0.25) is 0 Å². The van der Waals surface area contributed by atoms with Crippen molar-refractivity contribution in [3.05, 3.63) is 90.7 Å². The van der Waals surface area contributed by atoms with Crippen LogP contribution < -0.4 is 14.8 Å². The molecule has 4 rings (SSSR count). The number of ether oxygens (including phenoxy) is 2. The summed E-state index contributed by atoms with van der Waals surface area (Å²) in [6.07, 6.45) is 1.78. The molecule has 9 heteroatoms. The second-order valence-corrected chi connectivity index (χ2v) is 10.1. The highest BCUT2D eigenvalue weighted by atomic mass is 79.9. The van der Waals surface area contributed by atoms with Gasteiger partial charge in [-0.15, -0.1) is 0 Å². The van der Waals surface area contributed by atoms with Crippen molar-refractivity contribution in [1.29, 1.82) is 0 Å². The SMILES string of the molecule is COc1cc(/C=C2/SC(=Nc3ccc(C)cc3)NC2=O)c(Br)cc1OCc1ccc(Cl)c(Cl)c1. The Balaban J connectivity index is 1.53. The monoisotopic (exact) mass is 576 g/mol. The van der Waals surface area contributed by atoms with Gasteiger partial charge in [0.15, 0.2) is 16.7 Å². The van der Waals surface area contributed by atoms with E-state index in [1.807, 2.05) is 49.4 Å². The molecular weight excluding hydrogens is 559 g/mol. The van der Waals surface area contributed by atoms with E-state index in [0.717, 1.165) is 26.9 Å². The maximum Gasteiger partial charge on any atom is 0.264 e. The van der Waals surface area contributed by atoms with Crippen LogP contribution in [0.15, 0.2) is 69.0 Å². The van der Waals surface area contributed by atoms with E-state index in [4.69, 9.17) is 32.7 Å². The van der Waals surface area contributed by atoms with Crippen molar-refractivity contribution in [2.24, 2.45) is 4.99 Å². The molecule has 3 aromatic rings. The molecule has 0 atom stereocenters. The fourth-order valence-electron chi connectivity index (χ4n) is 3.08. The average Bonchev–Trinajstić information content (AvgIpc) is 3.16. The first kappa shape index (κ1) is 24.7. The number of nitrogens with zero attached hydrogens (tertiary/aromatic N) is 1. The molecule has 1 fully saturated rings. The van der Waals surface area contributed by atoms with E-state index in [-0.39, 0.29) is 12.5 Å². The Morgan fingerprint density at radius 2 is 1.82 bits per heavy atom. The summed E-state index contributed by atoms with van der Waals surface area (Å²) in [7, 11) is 1.57. The van der Waals surface area contributed by atoms with E-state index in [1.54, 1.807) is 25.3 Å². The van der Waals surface area contributed by atoms with Crippen LogP contribution in [0.25, 0.3) is 6.08 Å². The van der Waals surface area contributed by atoms with Crippen LogP contribution in [0.3, 0.4) is 0 Å². The number of hydrogen-bond acceptors (Lipinski definition) is 5. The molecule has 0 spiro atoms. The van der Waals surface area contributed by atoms with Crippen LogP contribution in [0.1, 0.15) is 16.7 Å². The molecule has 0 bridgehead atoms. The molecule has 34 heavy (non-hydrogen) atoms. The molecule has 1 saturated heterocycles. The Morgan fingerprint density at radius 3 is 2.53 bits per heavy atom. The minimum absolute atomic E-state index is 0.207. The summed E-state index contributed by atoms with van der Waals surface area (Å²) in [4.78, 5) is 17.5. The number of thioether (sulfide) groups is 1. The maximum atomic E-state index is 12.5. The number of aliphatic imine (C=N–C) groups is 1. The molecule has 0 aliphatic carbocycles. The Bertz CT molecular complexity index is 1310. The second kappa shape index (κ2) is 10.9. The van der Waals surface area contributed by atoms with Crippen molar-refractivity contribution in [3.63, 3.8) is 0 Å². The summed E-state index contributed by atoms with van der Waals surface area (Å²) in [5, 5.41) is 4.30. The lowest BCUT2D eigenvalue weighted by atomic mass is 10.1. The summed E-state index contributed by atoms with van der Waals surface area (Å²) in [6.45, 7) is 2.30. The van der Waals surface area contributed by atoms with Crippen molar-refractivity contribution in [1.82, 2.24) is 5.32 Å². The van der Waals surface area contributed by atoms with E-state index < -0.39 is 0 Å². The number of carbonyl (C=O) groups excluding carboxylic acids is 1. The third kappa shape index (κ3) is 5.96. The minimum atomic E-state index is -0.207. The zero-order valence-corrected chi connectivity index (χ0v) is 22.1. The highest BCUT2D eigenvalue weighted by Gasteiger charge is 2.24. The molecule has 1 aliphatic heterocycles. The van der Waals surface area contributed by atoms with E-state index in [9.17, 15) is 4.79 Å². The number of nitrogens with one attached hydrogen (secondary N) is 1. The highest BCUT2D eigenvalue weighted by Crippen LogP contribution is 2.37. The normalized spacial score (nSPS) is 15.6. The van der Waals surface area contributed by atoms with E-state index >= 15 is 0 Å². The Morgan fingerprint density at radius 1 is 1.06 bits per heavy atom. The van der Waals surface area contributed by atoms with Crippen LogP contribution in [0, 0.1) is 6.92 Å². The van der Waals surface area contributed by atoms with Crippen LogP contribution in [0.5, 0.6) is 11.5 Å². The zero-order valence-electron chi connectivity index (χ0n) is 18.2. The molecule has 0 aromatic heterocycles. The minimum Gasteiger partial charge on any atom is -0.493 e. The van der Waals surface area contributed by atoms with Gasteiger partial charge in [0.05, 0.1) is 27.7 Å². The number of aryl methyl sites for hydroxylation is 1. The van der Waals surface area contributed by atoms with Gasteiger partial charge in [-0.2, -0.15) is 0 Å². The van der Waals surface area contributed by atoms with Crippen molar-refractivity contribution in [3.8, 4) is 11.5 Å². The van der Waals surface area contributed by atoms with Gasteiger partial charge in [-0.25, -0.2) is 4.99 Å². The van der Waals surface area contributed by atoms with E-state index in [0.29, 0.717) is 31.6 Å². The van der Waals surface area contributed by atoms with Crippen LogP contribution in [0.4, 0.5) is 5.69 Å². The van der Waals surface area contributed by atoms with Crippen LogP contribution in [-0.4, -0.2) is 18.2 Å². The first-order chi connectivity index (χ1) is 16.3. The third-order valence-electron chi connectivity index (χ3n) is 4.86. The lowest BCUT2D eigenvalue weighted by molar-refractivity contribution is -0.115. The third-order valence-corrected chi connectivity index (χ3v) is 7.20. The zero-order chi connectivity index (χ0) is 24.2. The number of hydrogen-bond donors (Lipinski definition) is 1. The molecular formula is C25H19BrCl2N2O3S. The predicted molar refractivity (Wildman–Crippen MR) is 143 cm³/mol. The molecule has 5 nitrogen and oxygen atoms in total. The van der Waals surface area contributed by atoms with Gasteiger partial charge in [0.1, 0.15) is 6.61 Å². The predicted octanol–water partition coefficient (Wildman–Crippen LogP) is 7.54. The van der Waals surface area contributed by atoms with Gasteiger partial charge in [-0.3, -0.25) is 4.79 Å². The molecule has 0 saturated carbocycles. The van der Waals surface area contributed by atoms with Crippen LogP contribution in [-0.2, 0) is 11.4 Å². The lowest BCUT2D eigenvalue weighted by Gasteiger charge is -2.13. The van der Waals surface area contributed by atoms with E-state index in [2.05, 4.69) is 26.2 Å². The van der Waals surface area contributed by atoms with E-state index in [1.165, 1.54) is 11.8 Å². The topological polar surface area (TPSA) is 59.9 Å². The Hall–Kier alpha value is -2.45. The highest BCUT2D eigenvalue weighted by molar-refractivity contribution is 9.10. The number of halogens is 3. The number of amidine groups is 1. The van der Waals surface area contributed by atoms with Crippen LogP contribution >= 0.6 is 50.9 Å². The Kier molecular flexibility index (Phi) is 7.88. The molecule has 1 N–H and O–H groups in total. The smallest absolute Gasteiger partial charge is 0.264 e. The molecule has 174 valence electrons. The molecule has 1 heterocycles. The van der Waals surface area contributed by atoms with Crippen molar-refractivity contribution in [2.75, 3.05) is 7.11 Å². The summed E-state index contributed by atoms with van der Waals surface area (Å²) in [6, 6.07) is 16.7. The summed E-state index contributed by atoms with van der Waals surface area (Å²) < 4.78 is 12.2. The van der Waals surface area contributed by atoms with Crippen molar-refractivity contribution < 1.29 is 14.3 Å². The molecule has 1 aliphatic rings. The second-order valence-electron chi connectivity index (χ2n) is 7.38. The van der Waals surface area contributed by atoms with Crippen LogP contribution in [0.2, 0.25) is 10.0 Å². The van der Waals surface area contributed by atoms with Crippen molar-refractivity contribution >= 4 is 73.7 Å². The number of methoxy groups -OCH3 is 1.